The summed E-state index contributed by atoms with van der Waals surface area (Å²) in [6.07, 6.45) is 6.74. The van der Waals surface area contributed by atoms with Crippen LogP contribution in [0, 0.1) is 0 Å². The summed E-state index contributed by atoms with van der Waals surface area (Å²) >= 11 is 1.85. The van der Waals surface area contributed by atoms with Crippen molar-refractivity contribution in [2.75, 3.05) is 38.8 Å². The lowest BCUT2D eigenvalue weighted by molar-refractivity contribution is 0.409. The van der Waals surface area contributed by atoms with Crippen LogP contribution in [0.1, 0.15) is 24.7 Å². The van der Waals surface area contributed by atoms with Crippen molar-refractivity contribution in [1.82, 2.24) is 25.4 Å². The van der Waals surface area contributed by atoms with Crippen LogP contribution >= 0.6 is 11.8 Å². The number of aliphatic imine (C=N–C) groups is 1. The first-order valence-corrected chi connectivity index (χ1v) is 11.2. The number of ether oxygens (including phenoxy) is 1. The summed E-state index contributed by atoms with van der Waals surface area (Å²) in [6, 6.07) is 8.13. The first-order valence-electron chi connectivity index (χ1n) is 9.78. The molecule has 2 aromatic rings. The van der Waals surface area contributed by atoms with Gasteiger partial charge >= 0.3 is 0 Å². The van der Waals surface area contributed by atoms with Crippen molar-refractivity contribution in [3.8, 4) is 5.75 Å². The second kappa shape index (κ2) is 13.0. The van der Waals surface area contributed by atoms with Gasteiger partial charge in [0.05, 0.1) is 7.11 Å². The van der Waals surface area contributed by atoms with Crippen LogP contribution in [0.2, 0.25) is 0 Å². The van der Waals surface area contributed by atoms with Crippen LogP contribution in [-0.4, -0.2) is 59.5 Å². The predicted molar refractivity (Wildman–Crippen MR) is 117 cm³/mol. The second-order valence-electron chi connectivity index (χ2n) is 6.29. The van der Waals surface area contributed by atoms with Crippen LogP contribution in [0.3, 0.4) is 0 Å². The molecule has 0 aliphatic rings. The summed E-state index contributed by atoms with van der Waals surface area (Å²) in [7, 11) is 1.71. The van der Waals surface area contributed by atoms with Gasteiger partial charge in [0.1, 0.15) is 17.9 Å². The van der Waals surface area contributed by atoms with Gasteiger partial charge in [-0.2, -0.15) is 11.8 Å². The van der Waals surface area contributed by atoms with Crippen molar-refractivity contribution in [1.29, 1.82) is 0 Å². The van der Waals surface area contributed by atoms with Gasteiger partial charge in [-0.1, -0.05) is 25.1 Å². The lowest BCUT2D eigenvalue weighted by atomic mass is 10.1. The third-order valence-electron chi connectivity index (χ3n) is 4.31. The Morgan fingerprint density at radius 2 is 2.07 bits per heavy atom. The number of thioether (sulfide) groups is 1. The first kappa shape index (κ1) is 22.1. The fraction of sp³-hybridized carbons (Fsp3) is 0.550. The lowest BCUT2D eigenvalue weighted by Crippen LogP contribution is -2.40. The SMILES string of the molecule is CCc1nncn1CCNC(=NCCCSC)NCCc1ccccc1OC. The van der Waals surface area contributed by atoms with E-state index in [0.29, 0.717) is 0 Å². The molecule has 7 nitrogen and oxygen atoms in total. The first-order chi connectivity index (χ1) is 13.8. The molecule has 154 valence electrons. The Hall–Kier alpha value is -2.22. The Bertz CT molecular complexity index is 718. The van der Waals surface area contributed by atoms with Crippen molar-refractivity contribution in [3.05, 3.63) is 42.0 Å². The number of aryl methyl sites for hydroxylation is 1. The topological polar surface area (TPSA) is 76.4 Å². The maximum Gasteiger partial charge on any atom is 0.191 e. The molecule has 1 aromatic heterocycles. The Balaban J connectivity index is 1.85. The Kier molecular flexibility index (Phi) is 10.3. The smallest absolute Gasteiger partial charge is 0.191 e. The molecule has 8 heteroatoms. The number of aromatic nitrogens is 3. The molecule has 0 unspecified atom stereocenters. The van der Waals surface area contributed by atoms with E-state index in [-0.39, 0.29) is 0 Å². The van der Waals surface area contributed by atoms with Crippen LogP contribution in [0.15, 0.2) is 35.6 Å². The van der Waals surface area contributed by atoms with Crippen LogP contribution in [0.25, 0.3) is 0 Å². The number of benzene rings is 1. The summed E-state index contributed by atoms with van der Waals surface area (Å²) in [4.78, 5) is 4.71. The van der Waals surface area contributed by atoms with Crippen molar-refractivity contribution in [2.24, 2.45) is 4.99 Å². The standard InChI is InChI=1S/C20H32N6OS/c1-4-19-25-24-16-26(19)14-13-23-20(21-11-7-15-28-3)22-12-10-17-8-5-6-9-18(17)27-2/h5-6,8-9,16H,4,7,10-15H2,1-3H3,(H2,21,22,23). The van der Waals surface area contributed by atoms with Crippen molar-refractivity contribution < 1.29 is 4.74 Å². The van der Waals surface area contributed by atoms with Crippen molar-refractivity contribution >= 4 is 17.7 Å². The predicted octanol–water partition coefficient (Wildman–Crippen LogP) is 2.38. The van der Waals surface area contributed by atoms with Crippen LogP contribution in [0.5, 0.6) is 5.75 Å². The van der Waals surface area contributed by atoms with Gasteiger partial charge in [0.2, 0.25) is 0 Å². The molecule has 0 bridgehead atoms. The van der Waals surface area contributed by atoms with Gasteiger partial charge in [-0.25, -0.2) is 0 Å². The molecule has 1 aromatic carbocycles. The van der Waals surface area contributed by atoms with Gasteiger partial charge in [0.15, 0.2) is 5.96 Å². The number of guanidine groups is 1. The Morgan fingerprint density at radius 1 is 1.25 bits per heavy atom. The molecule has 0 spiro atoms. The van der Waals surface area contributed by atoms with Gasteiger partial charge in [0, 0.05) is 32.6 Å². The molecule has 28 heavy (non-hydrogen) atoms. The molecular formula is C20H32N6OS. The zero-order valence-electron chi connectivity index (χ0n) is 17.1. The third-order valence-corrected chi connectivity index (χ3v) is 5.01. The van der Waals surface area contributed by atoms with Gasteiger partial charge in [-0.15, -0.1) is 10.2 Å². The molecule has 0 fully saturated rings. The molecule has 0 saturated heterocycles. The highest BCUT2D eigenvalue weighted by atomic mass is 32.2. The van der Waals surface area contributed by atoms with Crippen molar-refractivity contribution in [3.63, 3.8) is 0 Å². The Labute approximate surface area is 172 Å². The average Bonchev–Trinajstić information content (AvgIpc) is 3.18. The molecule has 0 atom stereocenters. The number of nitrogens with one attached hydrogen (secondary N) is 2. The second-order valence-corrected chi connectivity index (χ2v) is 7.27. The summed E-state index contributed by atoms with van der Waals surface area (Å²) < 4.78 is 7.51. The number of rotatable bonds is 12. The van der Waals surface area contributed by atoms with Crippen LogP contribution in [-0.2, 0) is 19.4 Å². The molecule has 2 rings (SSSR count). The third kappa shape index (κ3) is 7.42. The van der Waals surface area contributed by atoms with Crippen molar-refractivity contribution in [2.45, 2.75) is 32.7 Å². The highest BCUT2D eigenvalue weighted by Gasteiger charge is 2.04. The van der Waals surface area contributed by atoms with E-state index < -0.39 is 0 Å². The zero-order valence-corrected chi connectivity index (χ0v) is 18.0. The van der Waals surface area contributed by atoms with Gasteiger partial charge in [-0.05, 0) is 36.5 Å². The minimum Gasteiger partial charge on any atom is -0.496 e. The normalized spacial score (nSPS) is 11.5. The number of nitrogens with zero attached hydrogens (tertiary/aromatic N) is 4. The van der Waals surface area contributed by atoms with E-state index >= 15 is 0 Å². The van der Waals surface area contributed by atoms with E-state index in [9.17, 15) is 0 Å². The zero-order chi connectivity index (χ0) is 20.0. The highest BCUT2D eigenvalue weighted by Crippen LogP contribution is 2.17. The average molecular weight is 405 g/mol. The monoisotopic (exact) mass is 404 g/mol. The maximum atomic E-state index is 5.43. The number of hydrogen-bond acceptors (Lipinski definition) is 5. The van der Waals surface area contributed by atoms with Crippen LogP contribution < -0.4 is 15.4 Å². The summed E-state index contributed by atoms with van der Waals surface area (Å²) in [6.45, 7) is 5.29. The van der Waals surface area contributed by atoms with E-state index in [1.54, 1.807) is 13.4 Å². The van der Waals surface area contributed by atoms with E-state index in [0.717, 1.165) is 68.7 Å². The van der Waals surface area contributed by atoms with E-state index in [1.807, 2.05) is 30.0 Å². The quantitative estimate of drug-likeness (QED) is 0.321. The summed E-state index contributed by atoms with van der Waals surface area (Å²) in [5.74, 6) is 3.90. The minimum absolute atomic E-state index is 0.772. The lowest BCUT2D eigenvalue weighted by Gasteiger charge is -2.14. The van der Waals surface area contributed by atoms with Gasteiger partial charge in [-0.3, -0.25) is 4.99 Å². The molecular weight excluding hydrogens is 372 g/mol. The van der Waals surface area contributed by atoms with Gasteiger partial charge in [0.25, 0.3) is 0 Å². The molecule has 0 radical (unpaired) electrons. The van der Waals surface area contributed by atoms with Crippen LogP contribution in [0.4, 0.5) is 0 Å². The summed E-state index contributed by atoms with van der Waals surface area (Å²) in [5, 5.41) is 15.0. The van der Waals surface area contributed by atoms with E-state index in [4.69, 9.17) is 9.73 Å². The molecule has 0 aliphatic carbocycles. The molecule has 0 amide bonds. The maximum absolute atomic E-state index is 5.43. The molecule has 1 heterocycles. The molecule has 2 N–H and O–H groups in total. The van der Waals surface area contributed by atoms with E-state index in [1.165, 1.54) is 5.56 Å². The number of hydrogen-bond donors (Lipinski definition) is 2. The van der Waals surface area contributed by atoms with E-state index in [2.05, 4.69) is 44.6 Å². The molecule has 0 saturated carbocycles. The highest BCUT2D eigenvalue weighted by molar-refractivity contribution is 7.98. The fourth-order valence-corrected chi connectivity index (χ4v) is 3.25. The number of methoxy groups -OCH3 is 1. The number of para-hydroxylation sites is 1. The van der Waals surface area contributed by atoms with Gasteiger partial charge < -0.3 is 19.9 Å². The fourth-order valence-electron chi connectivity index (χ4n) is 2.83. The minimum atomic E-state index is 0.772. The Morgan fingerprint density at radius 3 is 2.86 bits per heavy atom. The largest absolute Gasteiger partial charge is 0.496 e. The summed E-state index contributed by atoms with van der Waals surface area (Å²) in [5.41, 5.74) is 1.19. The molecule has 0 aliphatic heterocycles.